The van der Waals surface area contributed by atoms with Crippen molar-refractivity contribution in [3.8, 4) is 40.2 Å². The summed E-state index contributed by atoms with van der Waals surface area (Å²) in [6, 6.07) is 40.8. The normalized spacial score (nSPS) is 12.4. The smallest absolute Gasteiger partial charge is 0.306 e. The van der Waals surface area contributed by atoms with Gasteiger partial charge in [0, 0.05) is 46.4 Å². The van der Waals surface area contributed by atoms with Gasteiger partial charge in [0.25, 0.3) is 0 Å². The number of aryl methyl sites for hydroxylation is 4. The van der Waals surface area contributed by atoms with Crippen LogP contribution in [0.3, 0.4) is 0 Å². The number of phenolic OH excluding ortho intramolecular Hbond substituents is 3. The fraction of sp³-hybridized carbons (Fsp3) is 0.174. The zero-order valence-corrected chi connectivity index (χ0v) is 63.0. The average molecular weight is 1550 g/mol. The summed E-state index contributed by atoms with van der Waals surface area (Å²) in [5.74, 6) is -4.26. The second-order valence-corrected chi connectivity index (χ2v) is 25.4. The predicted molar refractivity (Wildman–Crippen MR) is 442 cm³/mol. The Morgan fingerprint density at radius 3 is 1.06 bits per heavy atom. The van der Waals surface area contributed by atoms with Crippen molar-refractivity contribution in [2.24, 2.45) is 5.92 Å². The van der Waals surface area contributed by atoms with Crippen LogP contribution in [0.4, 0.5) is 0 Å². The summed E-state index contributed by atoms with van der Waals surface area (Å²) >= 11 is 0. The number of phenols is 7. The molecule has 8 rings (SSSR count). The molecule has 0 aliphatic carbocycles. The number of ketones is 5. The van der Waals surface area contributed by atoms with Crippen LogP contribution >= 0.6 is 0 Å². The molecule has 0 fully saturated rings. The second-order valence-electron chi connectivity index (χ2n) is 25.4. The van der Waals surface area contributed by atoms with Crippen LogP contribution in [0.25, 0.3) is 48.6 Å². The number of aromatic hydroxyl groups is 7. The lowest BCUT2D eigenvalue weighted by molar-refractivity contribution is -0.143. The minimum absolute atomic E-state index is 0. The van der Waals surface area contributed by atoms with Gasteiger partial charge in [0.05, 0.1) is 39.1 Å². The molecule has 0 saturated carbocycles. The summed E-state index contributed by atoms with van der Waals surface area (Å²) in [4.78, 5) is 72.7. The fourth-order valence-corrected chi connectivity index (χ4v) is 10.2. The first-order valence-electron chi connectivity index (χ1n) is 35.2. The van der Waals surface area contributed by atoms with E-state index in [1.807, 2.05) is 31.2 Å². The lowest BCUT2D eigenvalue weighted by Crippen LogP contribution is -2.31. The van der Waals surface area contributed by atoms with E-state index in [9.17, 15) is 95.2 Å². The predicted octanol–water partition coefficient (Wildman–Crippen LogP) is 15.3. The van der Waals surface area contributed by atoms with Gasteiger partial charge in [-0.05, 0) is 237 Å². The van der Waals surface area contributed by atoms with Crippen LogP contribution in [0.15, 0.2) is 235 Å². The Kier molecular flexibility index (Phi) is 38.8. The highest BCUT2D eigenvalue weighted by Gasteiger charge is 2.28. The van der Waals surface area contributed by atoms with Gasteiger partial charge in [0.1, 0.15) is 69.2 Å². The Labute approximate surface area is 661 Å². The second kappa shape index (κ2) is 47.6. The molecule has 596 valence electrons. The molecular formula is C92H96O22. The Hall–Kier alpha value is -13.5. The third kappa shape index (κ3) is 31.8. The minimum Gasteiger partial charge on any atom is -0.508 e. The number of aliphatic hydroxyl groups is 8. The molecule has 0 aromatic heterocycles. The molecule has 2 atom stereocenters. The quantitative estimate of drug-likeness (QED) is 0.00653. The topological polar surface area (TPSA) is 415 Å². The molecule has 0 spiro atoms. The largest absolute Gasteiger partial charge is 0.508 e. The number of hydrogen-bond acceptors (Lipinski definition) is 22. The number of hydrogen-bond donors (Lipinski definition) is 15. The van der Waals surface area contributed by atoms with Gasteiger partial charge in [-0.25, -0.2) is 0 Å². The average Bonchev–Trinajstić information content (AvgIpc) is 0.867. The summed E-state index contributed by atoms with van der Waals surface area (Å²) in [5, 5.41) is 144. The van der Waals surface area contributed by atoms with Crippen LogP contribution in [0.5, 0.6) is 40.2 Å². The molecule has 0 bridgehead atoms. The van der Waals surface area contributed by atoms with Crippen molar-refractivity contribution >= 4 is 83.5 Å². The molecule has 2 unspecified atom stereocenters. The van der Waals surface area contributed by atoms with Crippen molar-refractivity contribution in [2.75, 3.05) is 6.61 Å². The van der Waals surface area contributed by atoms with Crippen molar-refractivity contribution in [1.82, 2.24) is 0 Å². The van der Waals surface area contributed by atoms with Crippen LogP contribution in [-0.2, 0) is 59.9 Å². The van der Waals surface area contributed by atoms with Gasteiger partial charge in [0.15, 0.2) is 23.1 Å². The lowest BCUT2D eigenvalue weighted by Gasteiger charge is -2.14. The van der Waals surface area contributed by atoms with E-state index in [-0.39, 0.29) is 122 Å². The number of esters is 1. The molecule has 0 saturated heterocycles. The van der Waals surface area contributed by atoms with Gasteiger partial charge in [-0.3, -0.25) is 28.8 Å². The molecule has 22 heteroatoms. The lowest BCUT2D eigenvalue weighted by atomic mass is 9.92. The van der Waals surface area contributed by atoms with E-state index in [2.05, 4.69) is 0 Å². The molecule has 0 amide bonds. The maximum atomic E-state index is 12.8. The van der Waals surface area contributed by atoms with Crippen LogP contribution < -0.4 is 0 Å². The van der Waals surface area contributed by atoms with Gasteiger partial charge >= 0.3 is 5.97 Å². The van der Waals surface area contributed by atoms with Gasteiger partial charge < -0.3 is 81.3 Å². The number of carbonyl (C=O) groups excluding carboxylic acids is 6. The number of ether oxygens (including phenoxy) is 1. The molecule has 8 aromatic rings. The first-order valence-corrected chi connectivity index (χ1v) is 35.2. The number of carbonyl (C=O) groups is 6. The molecule has 0 heterocycles. The Morgan fingerprint density at radius 2 is 0.702 bits per heavy atom. The summed E-state index contributed by atoms with van der Waals surface area (Å²) in [5.41, 5.74) is 10.2. The minimum atomic E-state index is -1.34. The molecule has 0 aliphatic heterocycles. The van der Waals surface area contributed by atoms with E-state index in [1.54, 1.807) is 131 Å². The summed E-state index contributed by atoms with van der Waals surface area (Å²) in [6.07, 6.45) is 23.9. The van der Waals surface area contributed by atoms with Crippen molar-refractivity contribution in [2.45, 2.75) is 94.3 Å². The van der Waals surface area contributed by atoms with E-state index in [4.69, 9.17) is 14.9 Å². The first kappa shape index (κ1) is 92.9. The fourth-order valence-electron chi connectivity index (χ4n) is 10.2. The first-order chi connectivity index (χ1) is 53.8. The highest BCUT2D eigenvalue weighted by atomic mass is 16.5. The summed E-state index contributed by atoms with van der Waals surface area (Å²) in [6.45, 7) is 9.09. The molecule has 22 nitrogen and oxygen atoms in total. The molecule has 8 aromatic carbocycles. The maximum absolute atomic E-state index is 12.8. The summed E-state index contributed by atoms with van der Waals surface area (Å²) < 4.78 is 4.91. The van der Waals surface area contributed by atoms with Crippen LogP contribution in [0.2, 0.25) is 0 Å². The highest BCUT2D eigenvalue weighted by molar-refractivity contribution is 6.09. The van der Waals surface area contributed by atoms with E-state index < -0.39 is 41.1 Å². The standard InChI is InChI=1S/C26H28O7.C23H24O6.C21H20O5.C21H20O4.CH4/c1-3-33-26(32)13-8-21(24(30)11-6-18-4-9-22(28)17(2)14-18)25(31)12-7-19-5-10-23(29)20(15-19)16-27;1-14-11-16(3-7-19(14)26)5-9-21(28)23(15(2)25)22(29)10-6-17-4-8-20(27)18(12-17)13-24;1-14-10-15(4-8-20(14)25)2-6-18(23)12-19(24)7-3-16-5-9-21(26)17(11-16)13-22;1-15-2-4-16(5-3-15)6-9-19(23)13-20(24)10-7-17-8-11-21(25)18(12-17)14-22;/h4-7,9-12,14-15,27-30H,3,8,13,16H2,1-2H3;3-12,22-24,26-27,29H,13H2,1-2H3;2-12,22-23,25-26H,13H2,1H3;2-13,22,24-25H,14H2,1H3;1H4/b11-6+,12-7+,24-21?;9-5+,10-6+;6-2+,7-3+,18-12?;9-6+,10-7+,20-13-;. The van der Waals surface area contributed by atoms with Gasteiger partial charge in [0.2, 0.25) is 0 Å². The van der Waals surface area contributed by atoms with Crippen LogP contribution in [-0.4, -0.2) is 124 Å². The zero-order chi connectivity index (χ0) is 83.3. The monoisotopic (exact) mass is 1550 g/mol. The number of aliphatic hydroxyl groups excluding tert-OH is 8. The van der Waals surface area contributed by atoms with E-state index in [0.717, 1.165) is 28.8 Å². The van der Waals surface area contributed by atoms with E-state index in [1.165, 1.54) is 128 Å². The number of allylic oxidation sites excluding steroid dienone is 10. The van der Waals surface area contributed by atoms with Crippen molar-refractivity contribution in [3.63, 3.8) is 0 Å². The summed E-state index contributed by atoms with van der Waals surface area (Å²) in [7, 11) is 0. The highest BCUT2D eigenvalue weighted by Crippen LogP contribution is 2.27. The maximum Gasteiger partial charge on any atom is 0.306 e. The molecule has 15 N–H and O–H groups in total. The van der Waals surface area contributed by atoms with Gasteiger partial charge in [-0.1, -0.05) is 134 Å². The van der Waals surface area contributed by atoms with Gasteiger partial charge in [-0.15, -0.1) is 0 Å². The third-order valence-electron chi connectivity index (χ3n) is 16.6. The number of rotatable bonds is 30. The Morgan fingerprint density at radius 1 is 0.386 bits per heavy atom. The van der Waals surface area contributed by atoms with Crippen LogP contribution in [0, 0.1) is 33.6 Å². The zero-order valence-electron chi connectivity index (χ0n) is 63.0. The van der Waals surface area contributed by atoms with Crippen molar-refractivity contribution in [1.29, 1.82) is 0 Å². The van der Waals surface area contributed by atoms with Crippen molar-refractivity contribution in [3.05, 3.63) is 324 Å². The third-order valence-corrected chi connectivity index (χ3v) is 16.6. The van der Waals surface area contributed by atoms with E-state index >= 15 is 0 Å². The molecule has 0 radical (unpaired) electrons. The SMILES string of the molecule is C.CC(=O)C(C(=O)/C=C/c1ccc(O)c(C)c1)C(O)/C=C/c1ccc(O)c(CO)c1.CCOC(=O)CCC(C(=O)/C=C/c1ccc(O)c(CO)c1)=C(O)/C=C/c1ccc(O)c(C)c1.Cc1cc(/C=C/C(O)=CC(=O)/C=C/c2ccc(O)c(CO)c2)ccc1O.Cc1ccc(/C=C/C(=O)/C=C(O)/C=C/c2ccc(O)c(CO)c2)cc1. The Bertz CT molecular complexity index is 5020. The molecule has 114 heavy (non-hydrogen) atoms. The van der Waals surface area contributed by atoms with Crippen LogP contribution in [0.1, 0.15) is 123 Å². The number of benzene rings is 8. The Balaban J connectivity index is 0.000000321. The molecule has 0 aliphatic rings. The van der Waals surface area contributed by atoms with Crippen molar-refractivity contribution < 1.29 is 110 Å². The molecular weight excluding hydrogens is 1460 g/mol. The van der Waals surface area contributed by atoms with E-state index in [0.29, 0.717) is 72.3 Å². The van der Waals surface area contributed by atoms with Gasteiger partial charge in [-0.2, -0.15) is 0 Å². The number of Topliss-reactive ketones (excluding diaryl/α,β-unsaturated/α-hetero) is 1.